The van der Waals surface area contributed by atoms with Gasteiger partial charge in [0.1, 0.15) is 11.3 Å². The van der Waals surface area contributed by atoms with E-state index >= 15 is 0 Å². The van der Waals surface area contributed by atoms with Crippen molar-refractivity contribution in [2.24, 2.45) is 0 Å². The highest BCUT2D eigenvalue weighted by Crippen LogP contribution is 2.33. The molecule has 1 aliphatic heterocycles. The van der Waals surface area contributed by atoms with Crippen molar-refractivity contribution in [3.8, 4) is 28.3 Å². The van der Waals surface area contributed by atoms with Crippen molar-refractivity contribution >= 4 is 17.0 Å². The fraction of sp³-hybridized carbons (Fsp3) is 0.179. The van der Waals surface area contributed by atoms with Crippen LogP contribution >= 0.6 is 0 Å². The Morgan fingerprint density at radius 2 is 1.71 bits per heavy atom. The summed E-state index contributed by atoms with van der Waals surface area (Å²) in [6, 6.07) is 26.9. The molecule has 1 saturated heterocycles. The van der Waals surface area contributed by atoms with Crippen molar-refractivity contribution < 1.29 is 0 Å². The van der Waals surface area contributed by atoms with Gasteiger partial charge in [-0.15, -0.1) is 0 Å². The van der Waals surface area contributed by atoms with E-state index in [-0.39, 0.29) is 0 Å². The Hall–Kier alpha value is -4.03. The van der Waals surface area contributed by atoms with E-state index in [4.69, 9.17) is 15.7 Å². The van der Waals surface area contributed by atoms with Gasteiger partial charge in [0.2, 0.25) is 0 Å². The number of nitrogens with zero attached hydrogens (tertiary/aromatic N) is 5. The minimum absolute atomic E-state index is 0.452. The highest BCUT2D eigenvalue weighted by molar-refractivity contribution is 5.84. The molecule has 6 heteroatoms. The molecule has 0 saturated carbocycles. The fourth-order valence-corrected chi connectivity index (χ4v) is 4.86. The Bertz CT molecular complexity index is 1460. The molecule has 3 aromatic heterocycles. The van der Waals surface area contributed by atoms with Crippen LogP contribution in [-0.2, 0) is 0 Å². The number of rotatable bonds is 4. The maximum Gasteiger partial charge on any atom is 0.165 e. The zero-order valence-corrected chi connectivity index (χ0v) is 19.1. The quantitative estimate of drug-likeness (QED) is 0.413. The Morgan fingerprint density at radius 1 is 0.882 bits per heavy atom. The monoisotopic (exact) mass is 446 g/mol. The number of likely N-dealkylation sites (tertiary alicyclic amines) is 1. The van der Waals surface area contributed by atoms with Crippen LogP contribution in [0.25, 0.3) is 39.5 Å². The molecule has 6 nitrogen and oxygen atoms in total. The minimum Gasteiger partial charge on any atom is -0.383 e. The number of anilines is 1. The molecule has 0 radical (unpaired) electrons. The van der Waals surface area contributed by atoms with Gasteiger partial charge in [0.05, 0.1) is 11.3 Å². The summed E-state index contributed by atoms with van der Waals surface area (Å²) < 4.78 is 2.10. The highest BCUT2D eigenvalue weighted by atomic mass is 15.1. The SMILES string of the molecule is CN1CCC(c2ccc(-n3c(-c4cccnc4N)nc4ccc(-c5ccccc5)nc43)cc2)C1. The first kappa shape index (κ1) is 20.6. The lowest BCUT2D eigenvalue weighted by Crippen LogP contribution is -2.13. The first-order chi connectivity index (χ1) is 16.7. The number of benzene rings is 2. The van der Waals surface area contributed by atoms with Crippen molar-refractivity contribution in [3.05, 3.63) is 90.6 Å². The number of imidazole rings is 1. The van der Waals surface area contributed by atoms with Gasteiger partial charge in [-0.3, -0.25) is 4.57 Å². The summed E-state index contributed by atoms with van der Waals surface area (Å²) in [5.74, 6) is 1.77. The van der Waals surface area contributed by atoms with Crippen LogP contribution in [0.3, 0.4) is 0 Å². The van der Waals surface area contributed by atoms with Crippen molar-refractivity contribution in [3.63, 3.8) is 0 Å². The molecule has 2 aromatic carbocycles. The van der Waals surface area contributed by atoms with Gasteiger partial charge >= 0.3 is 0 Å². The van der Waals surface area contributed by atoms with Crippen molar-refractivity contribution in [2.45, 2.75) is 12.3 Å². The largest absolute Gasteiger partial charge is 0.383 e. The van der Waals surface area contributed by atoms with Gasteiger partial charge in [0.15, 0.2) is 11.5 Å². The standard InChI is InChI=1S/C28H26N6/c1-33-17-15-21(18-33)19-9-11-22(12-10-19)34-27(23-8-5-16-30-26(23)29)32-25-14-13-24(31-28(25)34)20-6-3-2-4-7-20/h2-14,16,21H,15,17-18H2,1H3,(H2,29,30). The molecule has 34 heavy (non-hydrogen) atoms. The maximum atomic E-state index is 6.27. The molecule has 0 aliphatic carbocycles. The molecular formula is C28H26N6. The first-order valence-corrected chi connectivity index (χ1v) is 11.6. The van der Waals surface area contributed by atoms with Crippen LogP contribution < -0.4 is 5.73 Å². The average Bonchev–Trinajstić information content (AvgIpc) is 3.48. The zero-order valence-electron chi connectivity index (χ0n) is 19.1. The van der Waals surface area contributed by atoms with Crippen LogP contribution in [0.4, 0.5) is 5.82 Å². The predicted molar refractivity (Wildman–Crippen MR) is 137 cm³/mol. The summed E-state index contributed by atoms with van der Waals surface area (Å²) in [5, 5.41) is 0. The van der Waals surface area contributed by atoms with Crippen LogP contribution in [-0.4, -0.2) is 44.6 Å². The predicted octanol–water partition coefficient (Wildman–Crippen LogP) is 5.15. The molecule has 168 valence electrons. The molecule has 2 N–H and O–H groups in total. The highest BCUT2D eigenvalue weighted by Gasteiger charge is 2.22. The molecule has 1 unspecified atom stereocenters. The van der Waals surface area contributed by atoms with Gasteiger partial charge in [-0.25, -0.2) is 15.0 Å². The van der Waals surface area contributed by atoms with Gasteiger partial charge in [-0.1, -0.05) is 42.5 Å². The van der Waals surface area contributed by atoms with Crippen LogP contribution in [0.1, 0.15) is 17.9 Å². The maximum absolute atomic E-state index is 6.27. The lowest BCUT2D eigenvalue weighted by Gasteiger charge is -2.14. The van der Waals surface area contributed by atoms with Gasteiger partial charge in [-0.2, -0.15) is 0 Å². The molecule has 4 heterocycles. The summed E-state index contributed by atoms with van der Waals surface area (Å²) >= 11 is 0. The number of nitrogen functional groups attached to an aromatic ring is 1. The smallest absolute Gasteiger partial charge is 0.165 e. The number of aromatic nitrogens is 4. The van der Waals surface area contributed by atoms with E-state index in [0.717, 1.165) is 52.6 Å². The lowest BCUT2D eigenvalue weighted by molar-refractivity contribution is 0.411. The second kappa shape index (κ2) is 8.39. The molecule has 1 fully saturated rings. The molecular weight excluding hydrogens is 420 g/mol. The van der Waals surface area contributed by atoms with Crippen LogP contribution in [0.15, 0.2) is 85.1 Å². The van der Waals surface area contributed by atoms with Crippen molar-refractivity contribution in [1.29, 1.82) is 0 Å². The van der Waals surface area contributed by atoms with E-state index in [0.29, 0.717) is 11.7 Å². The molecule has 6 rings (SSSR count). The van der Waals surface area contributed by atoms with Gasteiger partial charge in [0.25, 0.3) is 0 Å². The van der Waals surface area contributed by atoms with Gasteiger partial charge in [0, 0.05) is 24.0 Å². The second-order valence-corrected chi connectivity index (χ2v) is 8.95. The van der Waals surface area contributed by atoms with Crippen LogP contribution in [0.5, 0.6) is 0 Å². The average molecular weight is 447 g/mol. The van der Waals surface area contributed by atoms with Crippen molar-refractivity contribution in [1.82, 2.24) is 24.4 Å². The molecule has 0 bridgehead atoms. The minimum atomic E-state index is 0.452. The van der Waals surface area contributed by atoms with Crippen LogP contribution in [0.2, 0.25) is 0 Å². The normalized spacial score (nSPS) is 16.3. The van der Waals surface area contributed by atoms with Gasteiger partial charge < -0.3 is 10.6 Å². The number of fused-ring (bicyclic) bond motifs is 1. The number of likely N-dealkylation sites (N-methyl/N-ethyl adjacent to an activating group) is 1. The lowest BCUT2D eigenvalue weighted by atomic mass is 9.98. The Labute approximate surface area is 198 Å². The van der Waals surface area contributed by atoms with E-state index < -0.39 is 0 Å². The number of hydrogen-bond acceptors (Lipinski definition) is 5. The summed E-state index contributed by atoms with van der Waals surface area (Å²) in [5.41, 5.74) is 13.0. The summed E-state index contributed by atoms with van der Waals surface area (Å²) in [4.78, 5) is 16.7. The van der Waals surface area contributed by atoms with E-state index in [1.54, 1.807) is 6.20 Å². The fourth-order valence-electron chi connectivity index (χ4n) is 4.86. The Kier molecular flexibility index (Phi) is 5.08. The van der Waals surface area contributed by atoms with E-state index in [1.807, 2.05) is 42.5 Å². The number of nitrogens with two attached hydrogens (primary N) is 1. The second-order valence-electron chi connectivity index (χ2n) is 8.95. The van der Waals surface area contributed by atoms with E-state index in [2.05, 4.69) is 57.9 Å². The molecule has 1 atom stereocenters. The Morgan fingerprint density at radius 3 is 2.44 bits per heavy atom. The summed E-state index contributed by atoms with van der Waals surface area (Å²) in [6.07, 6.45) is 2.90. The van der Waals surface area contributed by atoms with Crippen LogP contribution in [0, 0.1) is 0 Å². The Balaban J connectivity index is 1.53. The zero-order chi connectivity index (χ0) is 23.1. The number of hydrogen-bond donors (Lipinski definition) is 1. The third-order valence-electron chi connectivity index (χ3n) is 6.67. The summed E-state index contributed by atoms with van der Waals surface area (Å²) in [6.45, 7) is 2.25. The number of pyridine rings is 2. The molecule has 1 aliphatic rings. The first-order valence-electron chi connectivity index (χ1n) is 11.6. The molecule has 0 spiro atoms. The van der Waals surface area contributed by atoms with E-state index in [1.165, 1.54) is 12.0 Å². The molecule has 5 aromatic rings. The third kappa shape index (κ3) is 3.62. The van der Waals surface area contributed by atoms with E-state index in [9.17, 15) is 0 Å². The topological polar surface area (TPSA) is 72.9 Å². The summed E-state index contributed by atoms with van der Waals surface area (Å²) in [7, 11) is 2.19. The third-order valence-corrected chi connectivity index (χ3v) is 6.67. The molecule has 0 amide bonds. The van der Waals surface area contributed by atoms with Crippen molar-refractivity contribution in [2.75, 3.05) is 25.9 Å². The van der Waals surface area contributed by atoms with Gasteiger partial charge in [-0.05, 0) is 67.9 Å².